The molecule has 0 saturated carbocycles. The molecule has 0 bridgehead atoms. The lowest BCUT2D eigenvalue weighted by Gasteiger charge is -2.29. The standard InChI is InChI=1S/C21H25NO/c1-3-22(4-2)18-21(23,17-20-13-9-6-10-14-20)16-15-19-11-7-5-8-12-19/h5-14,23H,3-4,17-18H2,1-2H3. The molecule has 0 amide bonds. The number of hydrogen-bond donors (Lipinski definition) is 1. The lowest BCUT2D eigenvalue weighted by Crippen LogP contribution is -2.43. The molecular formula is C21H25NO. The van der Waals surface area contributed by atoms with Crippen LogP contribution in [0.2, 0.25) is 0 Å². The van der Waals surface area contributed by atoms with Gasteiger partial charge in [-0.25, -0.2) is 0 Å². The second-order valence-electron chi connectivity index (χ2n) is 5.77. The number of benzene rings is 2. The fraction of sp³-hybridized carbons (Fsp3) is 0.333. The van der Waals surface area contributed by atoms with Gasteiger partial charge in [0.2, 0.25) is 0 Å². The van der Waals surface area contributed by atoms with E-state index in [2.05, 4.69) is 30.6 Å². The summed E-state index contributed by atoms with van der Waals surface area (Å²) in [7, 11) is 0. The Bertz CT molecular complexity index is 638. The molecule has 0 spiro atoms. The van der Waals surface area contributed by atoms with Crippen LogP contribution in [0.25, 0.3) is 0 Å². The molecule has 120 valence electrons. The van der Waals surface area contributed by atoms with Gasteiger partial charge in [-0.05, 0) is 30.8 Å². The molecule has 2 nitrogen and oxygen atoms in total. The molecular weight excluding hydrogens is 282 g/mol. The highest BCUT2D eigenvalue weighted by Crippen LogP contribution is 2.15. The van der Waals surface area contributed by atoms with E-state index in [1.165, 1.54) is 0 Å². The molecule has 1 N–H and O–H groups in total. The third kappa shape index (κ3) is 5.56. The van der Waals surface area contributed by atoms with E-state index in [4.69, 9.17) is 0 Å². The Kier molecular flexibility index (Phi) is 6.40. The van der Waals surface area contributed by atoms with Crippen LogP contribution in [0, 0.1) is 11.8 Å². The number of rotatable bonds is 6. The summed E-state index contributed by atoms with van der Waals surface area (Å²) in [4.78, 5) is 2.21. The molecule has 1 unspecified atom stereocenters. The van der Waals surface area contributed by atoms with E-state index >= 15 is 0 Å². The third-order valence-corrected chi connectivity index (χ3v) is 3.93. The van der Waals surface area contributed by atoms with Crippen molar-refractivity contribution in [2.75, 3.05) is 19.6 Å². The highest BCUT2D eigenvalue weighted by molar-refractivity contribution is 5.37. The monoisotopic (exact) mass is 307 g/mol. The average molecular weight is 307 g/mol. The average Bonchev–Trinajstić information content (AvgIpc) is 2.60. The first-order valence-electron chi connectivity index (χ1n) is 8.22. The summed E-state index contributed by atoms with van der Waals surface area (Å²) in [5.74, 6) is 6.26. The van der Waals surface area contributed by atoms with Crippen LogP contribution in [0.5, 0.6) is 0 Å². The van der Waals surface area contributed by atoms with Crippen LogP contribution in [0.4, 0.5) is 0 Å². The van der Waals surface area contributed by atoms with Gasteiger partial charge in [0.1, 0.15) is 5.60 Å². The second kappa shape index (κ2) is 8.53. The Morgan fingerprint density at radius 1 is 0.913 bits per heavy atom. The number of nitrogens with zero attached hydrogens (tertiary/aromatic N) is 1. The highest BCUT2D eigenvalue weighted by atomic mass is 16.3. The predicted octanol–water partition coefficient (Wildman–Crippen LogP) is 3.35. The van der Waals surface area contributed by atoms with Gasteiger partial charge < -0.3 is 5.11 Å². The maximum atomic E-state index is 11.1. The van der Waals surface area contributed by atoms with E-state index in [1.807, 2.05) is 60.7 Å². The molecule has 0 aliphatic carbocycles. The van der Waals surface area contributed by atoms with Gasteiger partial charge in [0.25, 0.3) is 0 Å². The zero-order valence-electron chi connectivity index (χ0n) is 14.0. The van der Waals surface area contributed by atoms with Gasteiger partial charge in [0.15, 0.2) is 0 Å². The molecule has 2 aromatic carbocycles. The molecule has 0 aliphatic rings. The van der Waals surface area contributed by atoms with Crippen molar-refractivity contribution >= 4 is 0 Å². The normalized spacial score (nSPS) is 13.2. The van der Waals surface area contributed by atoms with Gasteiger partial charge in [0.05, 0.1) is 0 Å². The summed E-state index contributed by atoms with van der Waals surface area (Å²) >= 11 is 0. The van der Waals surface area contributed by atoms with Crippen LogP contribution in [-0.2, 0) is 6.42 Å². The Balaban J connectivity index is 2.25. The van der Waals surface area contributed by atoms with Gasteiger partial charge in [-0.3, -0.25) is 4.90 Å². The summed E-state index contributed by atoms with van der Waals surface area (Å²) in [5, 5.41) is 11.1. The van der Waals surface area contributed by atoms with Crippen LogP contribution in [0.3, 0.4) is 0 Å². The maximum Gasteiger partial charge on any atom is 0.142 e. The number of aliphatic hydroxyl groups is 1. The van der Waals surface area contributed by atoms with Gasteiger partial charge in [-0.1, -0.05) is 74.2 Å². The largest absolute Gasteiger partial charge is 0.376 e. The molecule has 1 atom stereocenters. The number of likely N-dealkylation sites (N-methyl/N-ethyl adjacent to an activating group) is 1. The van der Waals surface area contributed by atoms with Crippen LogP contribution in [-0.4, -0.2) is 35.2 Å². The third-order valence-electron chi connectivity index (χ3n) is 3.93. The molecule has 0 heterocycles. The van der Waals surface area contributed by atoms with Gasteiger partial charge in [0, 0.05) is 18.5 Å². The first-order chi connectivity index (χ1) is 11.1. The van der Waals surface area contributed by atoms with Crippen molar-refractivity contribution in [2.45, 2.75) is 25.9 Å². The van der Waals surface area contributed by atoms with E-state index in [1.54, 1.807) is 0 Å². The van der Waals surface area contributed by atoms with E-state index in [9.17, 15) is 5.11 Å². The van der Waals surface area contributed by atoms with Crippen molar-refractivity contribution < 1.29 is 5.11 Å². The fourth-order valence-corrected chi connectivity index (χ4v) is 2.60. The van der Waals surface area contributed by atoms with E-state index < -0.39 is 5.60 Å². The van der Waals surface area contributed by atoms with Crippen molar-refractivity contribution in [3.05, 3.63) is 71.8 Å². The van der Waals surface area contributed by atoms with Crippen LogP contribution in [0.1, 0.15) is 25.0 Å². The molecule has 23 heavy (non-hydrogen) atoms. The minimum absolute atomic E-state index is 0.532. The van der Waals surface area contributed by atoms with Gasteiger partial charge >= 0.3 is 0 Å². The number of hydrogen-bond acceptors (Lipinski definition) is 2. The summed E-state index contributed by atoms with van der Waals surface area (Å²) in [6, 6.07) is 19.9. The predicted molar refractivity (Wildman–Crippen MR) is 96.2 cm³/mol. The van der Waals surface area contributed by atoms with Crippen molar-refractivity contribution in [1.29, 1.82) is 0 Å². The van der Waals surface area contributed by atoms with E-state index in [0.717, 1.165) is 24.2 Å². The molecule has 2 aromatic rings. The van der Waals surface area contributed by atoms with E-state index in [-0.39, 0.29) is 0 Å². The molecule has 0 saturated heterocycles. The van der Waals surface area contributed by atoms with E-state index in [0.29, 0.717) is 13.0 Å². The quantitative estimate of drug-likeness (QED) is 0.827. The Hall–Kier alpha value is -2.08. The molecule has 0 aromatic heterocycles. The summed E-state index contributed by atoms with van der Waals surface area (Å²) in [6.07, 6.45) is 0.532. The minimum Gasteiger partial charge on any atom is -0.376 e. The van der Waals surface area contributed by atoms with Gasteiger partial charge in [-0.2, -0.15) is 0 Å². The van der Waals surface area contributed by atoms with Crippen molar-refractivity contribution in [2.24, 2.45) is 0 Å². The molecule has 0 aliphatic heterocycles. The fourth-order valence-electron chi connectivity index (χ4n) is 2.60. The summed E-state index contributed by atoms with van der Waals surface area (Å²) in [5.41, 5.74) is 0.978. The Morgan fingerprint density at radius 3 is 2.04 bits per heavy atom. The highest BCUT2D eigenvalue weighted by Gasteiger charge is 2.27. The first kappa shape index (κ1) is 17.3. The zero-order chi connectivity index (χ0) is 16.5. The molecule has 2 rings (SSSR count). The lowest BCUT2D eigenvalue weighted by molar-refractivity contribution is 0.0578. The molecule has 2 heteroatoms. The second-order valence-corrected chi connectivity index (χ2v) is 5.77. The molecule has 0 fully saturated rings. The smallest absolute Gasteiger partial charge is 0.142 e. The molecule has 0 radical (unpaired) electrons. The minimum atomic E-state index is -1.05. The zero-order valence-corrected chi connectivity index (χ0v) is 14.0. The van der Waals surface area contributed by atoms with Crippen molar-refractivity contribution in [3.8, 4) is 11.8 Å². The Morgan fingerprint density at radius 2 is 1.48 bits per heavy atom. The summed E-state index contributed by atoms with van der Waals surface area (Å²) < 4.78 is 0. The lowest BCUT2D eigenvalue weighted by atomic mass is 9.93. The Labute approximate surface area is 139 Å². The topological polar surface area (TPSA) is 23.5 Å². The first-order valence-corrected chi connectivity index (χ1v) is 8.22. The SMILES string of the molecule is CCN(CC)CC(O)(C#Cc1ccccc1)Cc1ccccc1. The van der Waals surface area contributed by atoms with Crippen molar-refractivity contribution in [1.82, 2.24) is 4.90 Å². The van der Waals surface area contributed by atoms with Crippen LogP contribution in [0.15, 0.2) is 60.7 Å². The van der Waals surface area contributed by atoms with Crippen molar-refractivity contribution in [3.63, 3.8) is 0 Å². The van der Waals surface area contributed by atoms with Crippen LogP contribution < -0.4 is 0 Å². The summed E-state index contributed by atoms with van der Waals surface area (Å²) in [6.45, 7) is 6.57. The van der Waals surface area contributed by atoms with Crippen LogP contribution >= 0.6 is 0 Å². The maximum absolute atomic E-state index is 11.1. The van der Waals surface area contributed by atoms with Gasteiger partial charge in [-0.15, -0.1) is 0 Å².